The SMILES string of the molecule is C/C=C(/C)NC1CCCCC1. The van der Waals surface area contributed by atoms with Crippen LogP contribution in [0.3, 0.4) is 0 Å². The number of allylic oxidation sites excluding steroid dienone is 2. The van der Waals surface area contributed by atoms with Gasteiger partial charge in [-0.3, -0.25) is 0 Å². The maximum absolute atomic E-state index is 3.53. The zero-order chi connectivity index (χ0) is 8.10. The van der Waals surface area contributed by atoms with Crippen LogP contribution in [-0.4, -0.2) is 6.04 Å². The average molecular weight is 153 g/mol. The summed E-state index contributed by atoms with van der Waals surface area (Å²) in [5.41, 5.74) is 1.33. The first-order chi connectivity index (χ1) is 5.33. The van der Waals surface area contributed by atoms with E-state index < -0.39 is 0 Å². The third-order valence-corrected chi connectivity index (χ3v) is 2.47. The molecule has 1 nitrogen and oxygen atoms in total. The molecule has 0 saturated heterocycles. The first-order valence-corrected chi connectivity index (χ1v) is 4.72. The molecule has 0 heterocycles. The van der Waals surface area contributed by atoms with E-state index in [1.807, 2.05) is 0 Å². The summed E-state index contributed by atoms with van der Waals surface area (Å²) in [6, 6.07) is 0.764. The standard InChI is InChI=1S/C10H19N/c1-3-9(2)11-10-7-5-4-6-8-10/h3,10-11H,4-8H2,1-2H3/b9-3-. The zero-order valence-corrected chi connectivity index (χ0v) is 7.69. The van der Waals surface area contributed by atoms with Crippen molar-refractivity contribution in [3.63, 3.8) is 0 Å². The number of hydrogen-bond acceptors (Lipinski definition) is 1. The Bertz CT molecular complexity index is 132. The van der Waals surface area contributed by atoms with Crippen molar-refractivity contribution in [3.05, 3.63) is 11.8 Å². The summed E-state index contributed by atoms with van der Waals surface area (Å²) in [5.74, 6) is 0. The molecule has 11 heavy (non-hydrogen) atoms. The summed E-state index contributed by atoms with van der Waals surface area (Å²) in [6.07, 6.45) is 9.14. The summed E-state index contributed by atoms with van der Waals surface area (Å²) in [4.78, 5) is 0. The van der Waals surface area contributed by atoms with Crippen LogP contribution in [0.25, 0.3) is 0 Å². The van der Waals surface area contributed by atoms with Crippen LogP contribution in [0.2, 0.25) is 0 Å². The second kappa shape index (κ2) is 4.42. The van der Waals surface area contributed by atoms with E-state index in [-0.39, 0.29) is 0 Å². The molecule has 1 heteroatoms. The van der Waals surface area contributed by atoms with Crippen LogP contribution >= 0.6 is 0 Å². The van der Waals surface area contributed by atoms with Gasteiger partial charge in [0.2, 0.25) is 0 Å². The monoisotopic (exact) mass is 153 g/mol. The van der Waals surface area contributed by atoms with Gasteiger partial charge in [0.1, 0.15) is 0 Å². The van der Waals surface area contributed by atoms with Crippen molar-refractivity contribution in [1.82, 2.24) is 5.32 Å². The molecule has 0 unspecified atom stereocenters. The average Bonchev–Trinajstić information content (AvgIpc) is 2.06. The highest BCUT2D eigenvalue weighted by Gasteiger charge is 2.11. The zero-order valence-electron chi connectivity index (χ0n) is 7.69. The third-order valence-electron chi connectivity index (χ3n) is 2.47. The molecule has 64 valence electrons. The molecule has 0 amide bonds. The van der Waals surface area contributed by atoms with E-state index in [2.05, 4.69) is 25.2 Å². The Morgan fingerprint density at radius 2 is 1.91 bits per heavy atom. The summed E-state index contributed by atoms with van der Waals surface area (Å²) < 4.78 is 0. The van der Waals surface area contributed by atoms with Crippen molar-refractivity contribution in [2.75, 3.05) is 0 Å². The second-order valence-electron chi connectivity index (χ2n) is 3.45. The quantitative estimate of drug-likeness (QED) is 0.643. The number of rotatable bonds is 2. The Hall–Kier alpha value is -0.460. The molecule has 1 saturated carbocycles. The molecule has 0 aromatic rings. The predicted molar refractivity (Wildman–Crippen MR) is 49.4 cm³/mol. The minimum Gasteiger partial charge on any atom is -0.386 e. The van der Waals surface area contributed by atoms with Gasteiger partial charge in [-0.2, -0.15) is 0 Å². The molecule has 0 atom stereocenters. The molecular weight excluding hydrogens is 134 g/mol. The fraction of sp³-hybridized carbons (Fsp3) is 0.800. The van der Waals surface area contributed by atoms with Crippen molar-refractivity contribution < 1.29 is 0 Å². The maximum atomic E-state index is 3.53. The van der Waals surface area contributed by atoms with Crippen molar-refractivity contribution in [3.8, 4) is 0 Å². The minimum atomic E-state index is 0.764. The molecule has 0 spiro atoms. The number of nitrogens with one attached hydrogen (secondary N) is 1. The van der Waals surface area contributed by atoms with E-state index in [4.69, 9.17) is 0 Å². The summed E-state index contributed by atoms with van der Waals surface area (Å²) in [6.45, 7) is 4.24. The molecule has 0 aromatic carbocycles. The lowest BCUT2D eigenvalue weighted by Gasteiger charge is -2.23. The molecule has 1 fully saturated rings. The molecule has 1 aliphatic carbocycles. The van der Waals surface area contributed by atoms with Crippen LogP contribution in [0.15, 0.2) is 11.8 Å². The first kappa shape index (κ1) is 8.63. The van der Waals surface area contributed by atoms with Crippen molar-refractivity contribution >= 4 is 0 Å². The molecule has 0 radical (unpaired) electrons. The van der Waals surface area contributed by atoms with Crippen LogP contribution in [0.5, 0.6) is 0 Å². The lowest BCUT2D eigenvalue weighted by atomic mass is 9.95. The van der Waals surface area contributed by atoms with Gasteiger partial charge in [-0.15, -0.1) is 0 Å². The normalized spacial score (nSPS) is 21.8. The highest BCUT2D eigenvalue weighted by molar-refractivity contribution is 4.95. The smallest absolute Gasteiger partial charge is 0.0258 e. The van der Waals surface area contributed by atoms with Crippen molar-refractivity contribution in [2.24, 2.45) is 0 Å². The van der Waals surface area contributed by atoms with Gasteiger partial charge < -0.3 is 5.32 Å². The molecular formula is C10H19N. The molecule has 0 bridgehead atoms. The van der Waals surface area contributed by atoms with Gasteiger partial charge in [0.15, 0.2) is 0 Å². The van der Waals surface area contributed by atoms with Crippen LogP contribution in [-0.2, 0) is 0 Å². The van der Waals surface area contributed by atoms with E-state index in [0.29, 0.717) is 0 Å². The van der Waals surface area contributed by atoms with Gasteiger partial charge in [0, 0.05) is 11.7 Å². The maximum Gasteiger partial charge on any atom is 0.0258 e. The van der Waals surface area contributed by atoms with E-state index in [9.17, 15) is 0 Å². The predicted octanol–water partition coefficient (Wildman–Crippen LogP) is 2.83. The highest BCUT2D eigenvalue weighted by atomic mass is 14.9. The van der Waals surface area contributed by atoms with E-state index in [1.54, 1.807) is 0 Å². The van der Waals surface area contributed by atoms with E-state index in [1.165, 1.54) is 37.8 Å². The van der Waals surface area contributed by atoms with Crippen LogP contribution in [0, 0.1) is 0 Å². The Labute approximate surface area is 69.9 Å². The first-order valence-electron chi connectivity index (χ1n) is 4.72. The van der Waals surface area contributed by atoms with Gasteiger partial charge >= 0.3 is 0 Å². The highest BCUT2D eigenvalue weighted by Crippen LogP contribution is 2.17. The lowest BCUT2D eigenvalue weighted by Crippen LogP contribution is -2.29. The Balaban J connectivity index is 2.24. The van der Waals surface area contributed by atoms with Gasteiger partial charge in [0.05, 0.1) is 0 Å². The van der Waals surface area contributed by atoms with Gasteiger partial charge in [-0.1, -0.05) is 25.3 Å². The fourth-order valence-electron chi connectivity index (χ4n) is 1.65. The van der Waals surface area contributed by atoms with Gasteiger partial charge in [0.25, 0.3) is 0 Å². The van der Waals surface area contributed by atoms with Gasteiger partial charge in [-0.25, -0.2) is 0 Å². The van der Waals surface area contributed by atoms with Crippen molar-refractivity contribution in [2.45, 2.75) is 52.0 Å². The largest absolute Gasteiger partial charge is 0.386 e. The van der Waals surface area contributed by atoms with Gasteiger partial charge in [-0.05, 0) is 26.7 Å². The topological polar surface area (TPSA) is 12.0 Å². The van der Waals surface area contributed by atoms with Crippen LogP contribution in [0.1, 0.15) is 46.0 Å². The summed E-state index contributed by atoms with van der Waals surface area (Å²) in [5, 5.41) is 3.53. The fourth-order valence-corrected chi connectivity index (χ4v) is 1.65. The minimum absolute atomic E-state index is 0.764. The molecule has 1 rings (SSSR count). The summed E-state index contributed by atoms with van der Waals surface area (Å²) >= 11 is 0. The van der Waals surface area contributed by atoms with E-state index >= 15 is 0 Å². The molecule has 0 aliphatic heterocycles. The van der Waals surface area contributed by atoms with Crippen molar-refractivity contribution in [1.29, 1.82) is 0 Å². The second-order valence-corrected chi connectivity index (χ2v) is 3.45. The third kappa shape index (κ3) is 2.96. The summed E-state index contributed by atoms with van der Waals surface area (Å²) in [7, 11) is 0. The molecule has 1 N–H and O–H groups in total. The molecule has 0 aromatic heterocycles. The Kier molecular flexibility index (Phi) is 3.47. The number of hydrogen-bond donors (Lipinski definition) is 1. The lowest BCUT2D eigenvalue weighted by molar-refractivity contribution is 0.396. The Morgan fingerprint density at radius 1 is 1.27 bits per heavy atom. The Morgan fingerprint density at radius 3 is 2.45 bits per heavy atom. The van der Waals surface area contributed by atoms with Crippen LogP contribution in [0.4, 0.5) is 0 Å². The van der Waals surface area contributed by atoms with Crippen LogP contribution < -0.4 is 5.32 Å². The molecule has 1 aliphatic rings. The van der Waals surface area contributed by atoms with E-state index in [0.717, 1.165) is 6.04 Å².